The van der Waals surface area contributed by atoms with Crippen molar-refractivity contribution in [1.29, 1.82) is 0 Å². The number of rotatable bonds is 9. The van der Waals surface area contributed by atoms with E-state index in [-0.39, 0.29) is 11.6 Å². The van der Waals surface area contributed by atoms with Crippen molar-refractivity contribution in [3.05, 3.63) is 71.2 Å². The van der Waals surface area contributed by atoms with Crippen molar-refractivity contribution in [2.24, 2.45) is 4.99 Å². The van der Waals surface area contributed by atoms with Crippen LogP contribution in [0.5, 0.6) is 5.75 Å². The Morgan fingerprint density at radius 2 is 1.86 bits per heavy atom. The molecule has 0 amide bonds. The molecule has 1 aliphatic heterocycles. The number of aliphatic imine (C=N–C) groups is 1. The van der Waals surface area contributed by atoms with Crippen molar-refractivity contribution < 1.29 is 18.7 Å². The zero-order chi connectivity index (χ0) is 19.8. The highest BCUT2D eigenvalue weighted by Gasteiger charge is 2.24. The Kier molecular flexibility index (Phi) is 6.95. The number of halogens is 1. The Morgan fingerprint density at radius 1 is 1.07 bits per heavy atom. The lowest BCUT2D eigenvalue weighted by Crippen LogP contribution is -2.05. The van der Waals surface area contributed by atoms with Crippen LogP contribution in [0.25, 0.3) is 6.08 Å². The predicted molar refractivity (Wildman–Crippen MR) is 108 cm³/mol. The van der Waals surface area contributed by atoms with Gasteiger partial charge < -0.3 is 9.47 Å². The van der Waals surface area contributed by atoms with Crippen LogP contribution in [0, 0.1) is 5.82 Å². The van der Waals surface area contributed by atoms with Gasteiger partial charge in [0.15, 0.2) is 5.70 Å². The molecule has 2 aromatic rings. The first-order valence-electron chi connectivity index (χ1n) is 9.67. The fourth-order valence-corrected chi connectivity index (χ4v) is 2.87. The summed E-state index contributed by atoms with van der Waals surface area (Å²) in [5.74, 6) is -0.0457. The lowest BCUT2D eigenvalue weighted by Gasteiger charge is -2.06. The number of cyclic esters (lactones) is 1. The average Bonchev–Trinajstić information content (AvgIpc) is 3.06. The molecule has 146 valence electrons. The molecular formula is C23H24FNO3. The zero-order valence-electron chi connectivity index (χ0n) is 16.0. The van der Waals surface area contributed by atoms with E-state index < -0.39 is 11.8 Å². The van der Waals surface area contributed by atoms with E-state index in [0.29, 0.717) is 12.2 Å². The van der Waals surface area contributed by atoms with Crippen molar-refractivity contribution in [2.75, 3.05) is 6.61 Å². The maximum atomic E-state index is 13.3. The van der Waals surface area contributed by atoms with Crippen LogP contribution >= 0.6 is 0 Å². The molecule has 0 unspecified atom stereocenters. The summed E-state index contributed by atoms with van der Waals surface area (Å²) in [5, 5.41) is 0. The highest BCUT2D eigenvalue weighted by atomic mass is 19.1. The second kappa shape index (κ2) is 9.83. The molecule has 0 saturated carbocycles. The Balaban J connectivity index is 1.59. The molecule has 0 atom stereocenters. The van der Waals surface area contributed by atoms with Crippen molar-refractivity contribution in [3.8, 4) is 5.75 Å². The third-order valence-electron chi connectivity index (χ3n) is 4.39. The molecule has 5 heteroatoms. The molecule has 0 bridgehead atoms. The molecule has 28 heavy (non-hydrogen) atoms. The quantitative estimate of drug-likeness (QED) is 0.326. The van der Waals surface area contributed by atoms with Crippen LogP contribution in [0.3, 0.4) is 0 Å². The topological polar surface area (TPSA) is 47.9 Å². The number of carbonyl (C=O) groups is 1. The van der Waals surface area contributed by atoms with Crippen LogP contribution in [-0.4, -0.2) is 18.5 Å². The first kappa shape index (κ1) is 19.8. The van der Waals surface area contributed by atoms with E-state index in [1.54, 1.807) is 18.2 Å². The van der Waals surface area contributed by atoms with Gasteiger partial charge in [-0.25, -0.2) is 14.2 Å². The van der Waals surface area contributed by atoms with Gasteiger partial charge in [-0.3, -0.25) is 0 Å². The molecule has 4 nitrogen and oxygen atoms in total. The van der Waals surface area contributed by atoms with Crippen LogP contribution in [-0.2, 0) is 9.53 Å². The van der Waals surface area contributed by atoms with Crippen molar-refractivity contribution in [3.63, 3.8) is 0 Å². The maximum Gasteiger partial charge on any atom is 0.363 e. The van der Waals surface area contributed by atoms with Gasteiger partial charge >= 0.3 is 5.97 Å². The van der Waals surface area contributed by atoms with Gasteiger partial charge in [0.25, 0.3) is 0 Å². The molecule has 0 N–H and O–H groups in total. The van der Waals surface area contributed by atoms with Crippen molar-refractivity contribution in [2.45, 2.75) is 39.0 Å². The first-order valence-corrected chi connectivity index (χ1v) is 9.67. The van der Waals surface area contributed by atoms with Crippen LogP contribution in [0.15, 0.2) is 59.2 Å². The van der Waals surface area contributed by atoms with E-state index in [4.69, 9.17) is 9.47 Å². The minimum Gasteiger partial charge on any atom is -0.494 e. The van der Waals surface area contributed by atoms with Crippen LogP contribution in [0.2, 0.25) is 0 Å². The highest BCUT2D eigenvalue weighted by Crippen LogP contribution is 2.21. The second-order valence-corrected chi connectivity index (χ2v) is 6.68. The Labute approximate surface area is 164 Å². The maximum absolute atomic E-state index is 13.3. The van der Waals surface area contributed by atoms with Crippen LogP contribution < -0.4 is 4.74 Å². The van der Waals surface area contributed by atoms with Gasteiger partial charge in [-0.05, 0) is 48.4 Å². The summed E-state index contributed by atoms with van der Waals surface area (Å²) in [7, 11) is 0. The van der Waals surface area contributed by atoms with Gasteiger partial charge in [0, 0.05) is 5.56 Å². The van der Waals surface area contributed by atoms with E-state index in [1.165, 1.54) is 37.8 Å². The van der Waals surface area contributed by atoms with E-state index in [0.717, 1.165) is 17.7 Å². The minimum absolute atomic E-state index is 0.110. The molecule has 0 aliphatic carbocycles. The van der Waals surface area contributed by atoms with Crippen molar-refractivity contribution in [1.82, 2.24) is 0 Å². The fraction of sp³-hybridized carbons (Fsp3) is 0.304. The summed E-state index contributed by atoms with van der Waals surface area (Å²) in [6.45, 7) is 2.91. The Hall–Kier alpha value is -2.95. The van der Waals surface area contributed by atoms with Gasteiger partial charge in [-0.1, -0.05) is 50.8 Å². The number of benzene rings is 2. The normalized spacial score (nSPS) is 14.9. The third kappa shape index (κ3) is 5.52. The minimum atomic E-state index is -0.549. The monoisotopic (exact) mass is 381 g/mol. The molecule has 1 aliphatic rings. The SMILES string of the molecule is CCCCCCCOc1ccc(/C=C2/N=C(c3cccc(F)c3)OC2=O)cc1. The molecule has 1 heterocycles. The van der Waals surface area contributed by atoms with Crippen molar-refractivity contribution >= 4 is 17.9 Å². The molecule has 0 radical (unpaired) electrons. The molecule has 0 fully saturated rings. The largest absolute Gasteiger partial charge is 0.494 e. The summed E-state index contributed by atoms with van der Waals surface area (Å²) in [6, 6.07) is 13.3. The average molecular weight is 381 g/mol. The number of carbonyl (C=O) groups excluding carboxylic acids is 1. The molecule has 0 spiro atoms. The summed E-state index contributed by atoms with van der Waals surface area (Å²) in [4.78, 5) is 16.2. The van der Waals surface area contributed by atoms with Crippen LogP contribution in [0.4, 0.5) is 4.39 Å². The highest BCUT2D eigenvalue weighted by molar-refractivity contribution is 6.12. The lowest BCUT2D eigenvalue weighted by atomic mass is 10.1. The summed E-state index contributed by atoms with van der Waals surface area (Å²) < 4.78 is 24.2. The van der Waals surface area contributed by atoms with E-state index in [1.807, 2.05) is 24.3 Å². The Morgan fingerprint density at radius 3 is 2.61 bits per heavy atom. The number of ether oxygens (including phenoxy) is 2. The molecule has 3 rings (SSSR count). The number of hydrogen-bond acceptors (Lipinski definition) is 4. The van der Waals surface area contributed by atoms with Crippen LogP contribution in [0.1, 0.15) is 50.2 Å². The van der Waals surface area contributed by atoms with Gasteiger partial charge in [0.1, 0.15) is 11.6 Å². The summed E-state index contributed by atoms with van der Waals surface area (Å²) in [5.41, 5.74) is 1.43. The summed E-state index contributed by atoms with van der Waals surface area (Å²) in [6.07, 6.45) is 7.64. The first-order chi connectivity index (χ1) is 13.7. The molecule has 2 aromatic carbocycles. The van der Waals surface area contributed by atoms with E-state index >= 15 is 0 Å². The Bertz CT molecular complexity index is 872. The van der Waals surface area contributed by atoms with E-state index in [9.17, 15) is 9.18 Å². The summed E-state index contributed by atoms with van der Waals surface area (Å²) >= 11 is 0. The van der Waals surface area contributed by atoms with Gasteiger partial charge in [0.05, 0.1) is 6.61 Å². The number of nitrogens with zero attached hydrogens (tertiary/aromatic N) is 1. The molecule has 0 aromatic heterocycles. The van der Waals surface area contributed by atoms with Gasteiger partial charge in [-0.2, -0.15) is 0 Å². The predicted octanol–water partition coefficient (Wildman–Crippen LogP) is 5.52. The van der Waals surface area contributed by atoms with E-state index in [2.05, 4.69) is 11.9 Å². The number of hydrogen-bond donors (Lipinski definition) is 0. The second-order valence-electron chi connectivity index (χ2n) is 6.68. The molecule has 0 saturated heterocycles. The molecular weight excluding hydrogens is 357 g/mol. The van der Waals surface area contributed by atoms with Gasteiger partial charge in [0.2, 0.25) is 5.90 Å². The third-order valence-corrected chi connectivity index (χ3v) is 4.39. The smallest absolute Gasteiger partial charge is 0.363 e. The standard InChI is InChI=1S/C23H24FNO3/c1-2-3-4-5-6-14-27-20-12-10-17(11-13-20)15-21-23(26)28-22(25-21)18-8-7-9-19(24)16-18/h7-13,15-16H,2-6,14H2,1H3/b21-15+. The number of esters is 1. The lowest BCUT2D eigenvalue weighted by molar-refractivity contribution is -0.129. The fourth-order valence-electron chi connectivity index (χ4n) is 2.87. The number of unbranched alkanes of at least 4 members (excludes halogenated alkanes) is 4. The van der Waals surface area contributed by atoms with Gasteiger partial charge in [-0.15, -0.1) is 0 Å². The zero-order valence-corrected chi connectivity index (χ0v) is 16.0.